The monoisotopic (exact) mass is 439 g/mol. The lowest BCUT2D eigenvalue weighted by Gasteiger charge is -2.16. The smallest absolute Gasteiger partial charge is 0.244 e. The zero-order chi connectivity index (χ0) is 21.8. The van der Waals surface area contributed by atoms with Crippen molar-refractivity contribution in [3.8, 4) is 0 Å². The summed E-state index contributed by atoms with van der Waals surface area (Å²) in [6, 6.07) is 14.5. The second-order valence-corrected chi connectivity index (χ2v) is 9.86. The number of hydrogen-bond donors (Lipinski definition) is 2. The molecule has 7 nitrogen and oxygen atoms in total. The van der Waals surface area contributed by atoms with Crippen molar-refractivity contribution in [3.63, 3.8) is 0 Å². The Morgan fingerprint density at radius 1 is 1.10 bits per heavy atom. The minimum atomic E-state index is -3.20. The zero-order valence-electron chi connectivity index (χ0n) is 17.1. The highest BCUT2D eigenvalue weighted by Crippen LogP contribution is 2.30. The molecule has 2 aromatic rings. The van der Waals surface area contributed by atoms with Crippen LogP contribution in [0.2, 0.25) is 0 Å². The Balaban J connectivity index is 1.29. The predicted octanol–water partition coefficient (Wildman–Crippen LogP) is 2.90. The molecule has 31 heavy (non-hydrogen) atoms. The maximum atomic E-state index is 12.2. The summed E-state index contributed by atoms with van der Waals surface area (Å²) in [5.74, 6) is 0.142. The van der Waals surface area contributed by atoms with Crippen LogP contribution < -0.4 is 14.9 Å². The molecule has 1 aliphatic heterocycles. The Bertz CT molecular complexity index is 1110. The van der Waals surface area contributed by atoms with E-state index in [9.17, 15) is 18.0 Å². The van der Waals surface area contributed by atoms with Gasteiger partial charge in [-0.3, -0.25) is 13.9 Å². The number of amides is 2. The number of rotatable bonds is 7. The Morgan fingerprint density at radius 2 is 1.87 bits per heavy atom. The van der Waals surface area contributed by atoms with Gasteiger partial charge in [0.15, 0.2) is 0 Å². The molecule has 1 heterocycles. The molecule has 162 valence electrons. The molecule has 0 radical (unpaired) electrons. The number of nitrogens with zero attached hydrogens (tertiary/aromatic N) is 1. The summed E-state index contributed by atoms with van der Waals surface area (Å²) in [6.07, 6.45) is 5.67. The minimum Gasteiger partial charge on any atom is -0.348 e. The van der Waals surface area contributed by atoms with Crippen LogP contribution in [0.25, 0.3) is 6.08 Å². The first-order chi connectivity index (χ1) is 14.9. The molecule has 4 rings (SSSR count). The van der Waals surface area contributed by atoms with E-state index in [2.05, 4.69) is 10.6 Å². The first-order valence-corrected chi connectivity index (χ1v) is 12.0. The van der Waals surface area contributed by atoms with Crippen LogP contribution in [0, 0.1) is 5.92 Å². The summed E-state index contributed by atoms with van der Waals surface area (Å²) in [4.78, 5) is 24.0. The minimum absolute atomic E-state index is 0.0532. The molecule has 1 saturated carbocycles. The molecule has 0 unspecified atom stereocenters. The molecule has 2 N–H and O–H groups in total. The molecular weight excluding hydrogens is 414 g/mol. The van der Waals surface area contributed by atoms with Gasteiger partial charge in [0.05, 0.1) is 11.4 Å². The summed E-state index contributed by atoms with van der Waals surface area (Å²) in [5, 5.41) is 5.73. The first-order valence-electron chi connectivity index (χ1n) is 10.4. The van der Waals surface area contributed by atoms with Gasteiger partial charge < -0.3 is 10.6 Å². The molecule has 1 saturated heterocycles. The van der Waals surface area contributed by atoms with Gasteiger partial charge in [-0.1, -0.05) is 24.3 Å². The second-order valence-electron chi connectivity index (χ2n) is 7.85. The Morgan fingerprint density at radius 3 is 2.55 bits per heavy atom. The first kappa shape index (κ1) is 21.1. The third-order valence-electron chi connectivity index (χ3n) is 5.32. The van der Waals surface area contributed by atoms with Gasteiger partial charge in [-0.2, -0.15) is 0 Å². The lowest BCUT2D eigenvalue weighted by molar-refractivity contribution is -0.117. The topological polar surface area (TPSA) is 95.6 Å². The summed E-state index contributed by atoms with van der Waals surface area (Å²) in [7, 11) is -3.20. The van der Waals surface area contributed by atoms with Crippen LogP contribution in [-0.2, 0) is 26.2 Å². The molecule has 2 amide bonds. The maximum Gasteiger partial charge on any atom is 0.244 e. The largest absolute Gasteiger partial charge is 0.348 e. The average Bonchev–Trinajstić information content (AvgIpc) is 3.55. The lowest BCUT2D eigenvalue weighted by Crippen LogP contribution is -2.24. The lowest BCUT2D eigenvalue weighted by atomic mass is 10.2. The number of carbonyl (C=O) groups is 2. The van der Waals surface area contributed by atoms with Crippen molar-refractivity contribution < 1.29 is 18.0 Å². The van der Waals surface area contributed by atoms with E-state index in [1.165, 1.54) is 10.4 Å². The van der Waals surface area contributed by atoms with E-state index >= 15 is 0 Å². The van der Waals surface area contributed by atoms with E-state index in [1.54, 1.807) is 30.3 Å². The van der Waals surface area contributed by atoms with Crippen LogP contribution in [0.5, 0.6) is 0 Å². The van der Waals surface area contributed by atoms with Crippen molar-refractivity contribution in [1.29, 1.82) is 0 Å². The van der Waals surface area contributed by atoms with Gasteiger partial charge in [-0.05, 0) is 60.7 Å². The van der Waals surface area contributed by atoms with E-state index < -0.39 is 10.0 Å². The Kier molecular flexibility index (Phi) is 6.08. The highest BCUT2D eigenvalue weighted by Gasteiger charge is 2.29. The maximum absolute atomic E-state index is 12.2. The standard InChI is InChI=1S/C23H25N3O4S/c27-22(24-16-18-3-1-4-20(15-18)25-23(28)19-8-9-19)12-7-17-5-10-21(11-6-17)26-13-2-14-31(26,29)30/h1,3-7,10-12,15,19H,2,8-9,13-14,16H2,(H,24,27)(H,25,28)/b12-7+. The molecule has 2 aliphatic rings. The average molecular weight is 440 g/mol. The highest BCUT2D eigenvalue weighted by molar-refractivity contribution is 7.93. The quantitative estimate of drug-likeness (QED) is 0.649. The van der Waals surface area contributed by atoms with Gasteiger partial charge in [-0.15, -0.1) is 0 Å². The van der Waals surface area contributed by atoms with E-state index in [4.69, 9.17) is 0 Å². The van der Waals surface area contributed by atoms with Crippen molar-refractivity contribution in [3.05, 3.63) is 65.7 Å². The van der Waals surface area contributed by atoms with Gasteiger partial charge in [0.25, 0.3) is 0 Å². The number of benzene rings is 2. The van der Waals surface area contributed by atoms with Crippen molar-refractivity contribution >= 4 is 39.3 Å². The molecule has 2 fully saturated rings. The van der Waals surface area contributed by atoms with E-state index in [1.807, 2.05) is 24.3 Å². The van der Waals surface area contributed by atoms with Crippen molar-refractivity contribution in [2.45, 2.75) is 25.8 Å². The fourth-order valence-corrected chi connectivity index (χ4v) is 5.01. The summed E-state index contributed by atoms with van der Waals surface area (Å²) < 4.78 is 25.4. The van der Waals surface area contributed by atoms with Gasteiger partial charge >= 0.3 is 0 Å². The van der Waals surface area contributed by atoms with Gasteiger partial charge in [0.2, 0.25) is 21.8 Å². The van der Waals surface area contributed by atoms with Crippen LogP contribution in [0.3, 0.4) is 0 Å². The molecule has 0 aromatic heterocycles. The zero-order valence-corrected chi connectivity index (χ0v) is 17.9. The fraction of sp³-hybridized carbons (Fsp3) is 0.304. The predicted molar refractivity (Wildman–Crippen MR) is 121 cm³/mol. The molecule has 0 atom stereocenters. The van der Waals surface area contributed by atoms with Crippen molar-refractivity contribution in [2.24, 2.45) is 5.92 Å². The van der Waals surface area contributed by atoms with E-state index in [-0.39, 0.29) is 23.5 Å². The Labute approximate surface area is 182 Å². The van der Waals surface area contributed by atoms with Crippen LogP contribution in [0.15, 0.2) is 54.6 Å². The number of sulfonamides is 1. The van der Waals surface area contributed by atoms with Gasteiger partial charge in [0.1, 0.15) is 0 Å². The SMILES string of the molecule is O=C(/C=C/c1ccc(N2CCCS2(=O)=O)cc1)NCc1cccc(NC(=O)C2CC2)c1. The molecule has 2 aromatic carbocycles. The van der Waals surface area contributed by atoms with Crippen LogP contribution in [-0.4, -0.2) is 32.5 Å². The van der Waals surface area contributed by atoms with Crippen LogP contribution in [0.4, 0.5) is 11.4 Å². The van der Waals surface area contributed by atoms with Crippen molar-refractivity contribution in [1.82, 2.24) is 5.32 Å². The summed E-state index contributed by atoms with van der Waals surface area (Å²) in [5.41, 5.74) is 3.08. The van der Waals surface area contributed by atoms with Crippen molar-refractivity contribution in [2.75, 3.05) is 21.9 Å². The molecule has 1 aliphatic carbocycles. The third kappa shape index (κ3) is 5.52. The third-order valence-corrected chi connectivity index (χ3v) is 7.19. The summed E-state index contributed by atoms with van der Waals surface area (Å²) in [6.45, 7) is 0.855. The van der Waals surface area contributed by atoms with E-state index in [0.717, 1.165) is 29.7 Å². The van der Waals surface area contributed by atoms with E-state index in [0.29, 0.717) is 25.2 Å². The fourth-order valence-electron chi connectivity index (χ4n) is 3.45. The number of anilines is 2. The normalized spacial score (nSPS) is 17.6. The Hall–Kier alpha value is -3.13. The summed E-state index contributed by atoms with van der Waals surface area (Å²) >= 11 is 0. The van der Waals surface area contributed by atoms with Crippen LogP contribution >= 0.6 is 0 Å². The highest BCUT2D eigenvalue weighted by atomic mass is 32.2. The van der Waals surface area contributed by atoms with Gasteiger partial charge in [-0.25, -0.2) is 8.42 Å². The molecule has 0 spiro atoms. The molecule has 0 bridgehead atoms. The van der Waals surface area contributed by atoms with Crippen LogP contribution in [0.1, 0.15) is 30.4 Å². The second kappa shape index (κ2) is 8.93. The van der Waals surface area contributed by atoms with Gasteiger partial charge in [0, 0.05) is 30.8 Å². The molecule has 8 heteroatoms. The molecular formula is C23H25N3O4S. The number of carbonyl (C=O) groups excluding carboxylic acids is 2. The number of hydrogen-bond acceptors (Lipinski definition) is 4. The number of nitrogens with one attached hydrogen (secondary N) is 2.